The van der Waals surface area contributed by atoms with Gasteiger partial charge in [-0.05, 0) is 48.6 Å². The van der Waals surface area contributed by atoms with E-state index in [4.69, 9.17) is 4.98 Å². The Hall–Kier alpha value is -3.78. The van der Waals surface area contributed by atoms with Crippen LogP contribution in [0.15, 0.2) is 59.8 Å². The van der Waals surface area contributed by atoms with Gasteiger partial charge in [0, 0.05) is 0 Å². The van der Waals surface area contributed by atoms with Crippen molar-refractivity contribution in [1.82, 2.24) is 29.1 Å². The van der Waals surface area contributed by atoms with Crippen LogP contribution in [0.3, 0.4) is 0 Å². The molecule has 31 heavy (non-hydrogen) atoms. The Morgan fingerprint density at radius 1 is 1.10 bits per heavy atom. The summed E-state index contributed by atoms with van der Waals surface area (Å²) in [5, 5.41) is 10.4. The van der Waals surface area contributed by atoms with Crippen molar-refractivity contribution in [1.29, 1.82) is 0 Å². The Morgan fingerprint density at radius 2 is 1.94 bits per heavy atom. The van der Waals surface area contributed by atoms with Gasteiger partial charge in [0.25, 0.3) is 0 Å². The molecule has 8 heteroatoms. The summed E-state index contributed by atoms with van der Waals surface area (Å²) < 4.78 is 3.53. The van der Waals surface area contributed by atoms with E-state index in [-0.39, 0.29) is 11.7 Å². The van der Waals surface area contributed by atoms with Crippen LogP contribution in [0.5, 0.6) is 0 Å². The predicted octanol–water partition coefficient (Wildman–Crippen LogP) is 3.18. The van der Waals surface area contributed by atoms with Crippen molar-refractivity contribution in [2.24, 2.45) is 0 Å². The lowest BCUT2D eigenvalue weighted by Crippen LogP contribution is -2.27. The van der Waals surface area contributed by atoms with Gasteiger partial charge in [0.15, 0.2) is 5.65 Å². The van der Waals surface area contributed by atoms with Crippen molar-refractivity contribution in [3.8, 4) is 5.95 Å². The van der Waals surface area contributed by atoms with Gasteiger partial charge in [-0.1, -0.05) is 30.3 Å². The van der Waals surface area contributed by atoms with Gasteiger partial charge in [-0.3, -0.25) is 9.13 Å². The molecule has 2 aromatic carbocycles. The Bertz CT molecular complexity index is 1510. The molecule has 0 saturated heterocycles. The Labute approximate surface area is 176 Å². The molecule has 1 aliphatic carbocycles. The summed E-state index contributed by atoms with van der Waals surface area (Å²) in [6.45, 7) is 2.03. The number of hydrogen-bond acceptors (Lipinski definition) is 5. The van der Waals surface area contributed by atoms with Gasteiger partial charge < -0.3 is 10.1 Å². The van der Waals surface area contributed by atoms with E-state index < -0.39 is 6.10 Å². The standard InChI is InChI=1S/C23H20N6O2/c1-13-6-7-16-19(10-13)28(12-25-16)22-24-11-17-21(27-22)29(23(31)26-17)18-8-9-20(30)15-5-3-2-4-14(15)18/h2-7,10-12,18,20,30H,8-9H2,1H3,(H,26,31)/t18?,20-/m1/s1. The Kier molecular flexibility index (Phi) is 3.85. The number of aliphatic hydroxyl groups is 1. The SMILES string of the molecule is Cc1ccc2ncn(-c3ncc4[nH]c(=O)n(C5CC[C@@H](O)c6ccccc65)c4n3)c2c1. The summed E-state index contributed by atoms with van der Waals surface area (Å²) in [5.74, 6) is 0.456. The fourth-order valence-electron chi connectivity index (χ4n) is 4.60. The van der Waals surface area contributed by atoms with Gasteiger partial charge >= 0.3 is 5.69 Å². The van der Waals surface area contributed by atoms with Crippen LogP contribution < -0.4 is 5.69 Å². The minimum absolute atomic E-state index is 0.203. The fourth-order valence-corrected chi connectivity index (χ4v) is 4.60. The Morgan fingerprint density at radius 3 is 2.81 bits per heavy atom. The second-order valence-corrected chi connectivity index (χ2v) is 8.05. The van der Waals surface area contributed by atoms with Crippen LogP contribution in [0, 0.1) is 6.92 Å². The highest BCUT2D eigenvalue weighted by molar-refractivity contribution is 5.78. The summed E-state index contributed by atoms with van der Waals surface area (Å²) in [6.07, 6.45) is 4.06. The minimum Gasteiger partial charge on any atom is -0.388 e. The van der Waals surface area contributed by atoms with E-state index in [1.165, 1.54) is 0 Å². The van der Waals surface area contributed by atoms with E-state index >= 15 is 0 Å². The van der Waals surface area contributed by atoms with Gasteiger partial charge in [-0.15, -0.1) is 0 Å². The molecule has 0 fully saturated rings. The summed E-state index contributed by atoms with van der Waals surface area (Å²) in [4.78, 5) is 29.5. The number of imidazole rings is 2. The van der Waals surface area contributed by atoms with Gasteiger partial charge in [-0.2, -0.15) is 4.98 Å². The lowest BCUT2D eigenvalue weighted by atomic mass is 9.85. The normalized spacial score (nSPS) is 18.5. The number of aromatic amines is 1. The smallest absolute Gasteiger partial charge is 0.328 e. The van der Waals surface area contributed by atoms with Crippen molar-refractivity contribution >= 4 is 22.2 Å². The number of aliphatic hydroxyl groups excluding tert-OH is 1. The number of hydrogen-bond donors (Lipinski definition) is 2. The lowest BCUT2D eigenvalue weighted by molar-refractivity contribution is 0.147. The van der Waals surface area contributed by atoms with Crippen molar-refractivity contribution in [2.45, 2.75) is 31.9 Å². The van der Waals surface area contributed by atoms with Crippen LogP contribution >= 0.6 is 0 Å². The molecule has 154 valence electrons. The van der Waals surface area contributed by atoms with Gasteiger partial charge in [0.05, 0.1) is 29.4 Å². The van der Waals surface area contributed by atoms with Gasteiger partial charge in [0.1, 0.15) is 11.8 Å². The number of nitrogens with zero attached hydrogens (tertiary/aromatic N) is 5. The molecular weight excluding hydrogens is 392 g/mol. The number of benzene rings is 2. The summed E-state index contributed by atoms with van der Waals surface area (Å²) in [5.41, 5.74) is 5.60. The Balaban J connectivity index is 1.56. The maximum absolute atomic E-state index is 12.9. The molecule has 1 unspecified atom stereocenters. The number of fused-ring (bicyclic) bond motifs is 3. The average Bonchev–Trinajstić information content (AvgIpc) is 3.34. The van der Waals surface area contributed by atoms with Crippen molar-refractivity contribution in [3.63, 3.8) is 0 Å². The quantitative estimate of drug-likeness (QED) is 0.464. The van der Waals surface area contributed by atoms with Crippen LogP contribution in [0.4, 0.5) is 0 Å². The first kappa shape index (κ1) is 18.0. The highest BCUT2D eigenvalue weighted by Gasteiger charge is 2.29. The first-order valence-electron chi connectivity index (χ1n) is 10.3. The van der Waals surface area contributed by atoms with E-state index in [1.807, 2.05) is 54.0 Å². The van der Waals surface area contributed by atoms with Crippen LogP contribution in [-0.4, -0.2) is 34.2 Å². The molecule has 8 nitrogen and oxygen atoms in total. The number of rotatable bonds is 2. The molecule has 0 radical (unpaired) electrons. The van der Waals surface area contributed by atoms with E-state index in [0.717, 1.165) is 27.7 Å². The van der Waals surface area contributed by atoms with Crippen LogP contribution in [0.25, 0.3) is 28.1 Å². The first-order chi connectivity index (χ1) is 15.1. The van der Waals surface area contributed by atoms with Gasteiger partial charge in [-0.25, -0.2) is 14.8 Å². The van der Waals surface area contributed by atoms with E-state index in [2.05, 4.69) is 15.0 Å². The molecule has 6 rings (SSSR count). The molecule has 2 N–H and O–H groups in total. The minimum atomic E-state index is -0.515. The van der Waals surface area contributed by atoms with Crippen LogP contribution in [0.1, 0.15) is 41.7 Å². The van der Waals surface area contributed by atoms with Crippen molar-refractivity contribution in [2.75, 3.05) is 0 Å². The first-order valence-corrected chi connectivity index (χ1v) is 10.3. The summed E-state index contributed by atoms with van der Waals surface area (Å²) in [7, 11) is 0. The van der Waals surface area contributed by atoms with Crippen LogP contribution in [-0.2, 0) is 0 Å². The molecule has 1 aliphatic rings. The highest BCUT2D eigenvalue weighted by Crippen LogP contribution is 2.38. The molecule has 5 aromatic rings. The average molecular weight is 412 g/mol. The monoisotopic (exact) mass is 412 g/mol. The van der Waals surface area contributed by atoms with E-state index in [0.29, 0.717) is 30.0 Å². The largest absolute Gasteiger partial charge is 0.388 e. The second-order valence-electron chi connectivity index (χ2n) is 8.05. The van der Waals surface area contributed by atoms with Crippen molar-refractivity contribution < 1.29 is 5.11 Å². The zero-order valence-electron chi connectivity index (χ0n) is 16.9. The fraction of sp³-hybridized carbons (Fsp3) is 0.217. The van der Waals surface area contributed by atoms with Gasteiger partial charge in [0.2, 0.25) is 5.95 Å². The third kappa shape index (κ3) is 2.72. The second kappa shape index (κ2) is 6.61. The molecule has 3 heterocycles. The molecule has 3 aromatic heterocycles. The third-order valence-electron chi connectivity index (χ3n) is 6.10. The van der Waals surface area contributed by atoms with Crippen LogP contribution in [0.2, 0.25) is 0 Å². The summed E-state index contributed by atoms with van der Waals surface area (Å²) in [6, 6.07) is 13.6. The number of H-pyrrole nitrogens is 1. The maximum Gasteiger partial charge on any atom is 0.328 e. The lowest BCUT2D eigenvalue weighted by Gasteiger charge is -2.29. The molecule has 0 amide bonds. The molecule has 2 atom stereocenters. The topological polar surface area (TPSA) is 102 Å². The van der Waals surface area contributed by atoms with E-state index in [1.54, 1.807) is 17.1 Å². The number of aryl methyl sites for hydroxylation is 1. The number of nitrogens with one attached hydrogen (secondary N) is 1. The molecule has 0 spiro atoms. The predicted molar refractivity (Wildman–Crippen MR) is 116 cm³/mol. The van der Waals surface area contributed by atoms with Crippen molar-refractivity contribution in [3.05, 3.63) is 82.2 Å². The zero-order chi connectivity index (χ0) is 21.1. The van der Waals surface area contributed by atoms with E-state index in [9.17, 15) is 9.90 Å². The molecule has 0 bridgehead atoms. The molecule has 0 saturated carbocycles. The highest BCUT2D eigenvalue weighted by atomic mass is 16.3. The molecular formula is C23H20N6O2. The third-order valence-corrected chi connectivity index (χ3v) is 6.10. The summed E-state index contributed by atoms with van der Waals surface area (Å²) >= 11 is 0. The number of aromatic nitrogens is 6. The molecule has 0 aliphatic heterocycles. The maximum atomic E-state index is 12.9. The zero-order valence-corrected chi connectivity index (χ0v) is 16.9.